The summed E-state index contributed by atoms with van der Waals surface area (Å²) >= 11 is 0. The Labute approximate surface area is 149 Å². The molecule has 26 heavy (non-hydrogen) atoms. The summed E-state index contributed by atoms with van der Waals surface area (Å²) < 4.78 is 3.35. The van der Waals surface area contributed by atoms with E-state index in [4.69, 9.17) is 0 Å². The molecule has 0 bridgehead atoms. The molecule has 2 heterocycles. The van der Waals surface area contributed by atoms with Crippen molar-refractivity contribution in [2.45, 2.75) is 6.54 Å². The van der Waals surface area contributed by atoms with Gasteiger partial charge in [-0.05, 0) is 42.5 Å². The number of aromatic nitrogens is 3. The zero-order valence-electron chi connectivity index (χ0n) is 13.9. The van der Waals surface area contributed by atoms with Crippen molar-refractivity contribution >= 4 is 22.6 Å². The molecule has 0 saturated heterocycles. The number of hydrogen-bond acceptors (Lipinski definition) is 3. The van der Waals surface area contributed by atoms with Gasteiger partial charge in [-0.2, -0.15) is 0 Å². The molecule has 0 saturated carbocycles. The highest BCUT2D eigenvalue weighted by Gasteiger charge is 2.06. The summed E-state index contributed by atoms with van der Waals surface area (Å²) in [6.07, 6.45) is 3.37. The second-order valence-electron chi connectivity index (χ2n) is 5.87. The van der Waals surface area contributed by atoms with Crippen LogP contribution in [0.4, 0.5) is 5.69 Å². The minimum Gasteiger partial charge on any atom is -0.325 e. The fraction of sp³-hybridized carbons (Fsp3) is 0.0500. The minimum atomic E-state index is -0.251. The van der Waals surface area contributed by atoms with E-state index >= 15 is 0 Å². The smallest absolute Gasteiger partial charge is 0.250 e. The average Bonchev–Trinajstić information content (AvgIpc) is 3.08. The molecule has 2 aromatic carbocycles. The van der Waals surface area contributed by atoms with Gasteiger partial charge in [0.05, 0.1) is 11.0 Å². The van der Waals surface area contributed by atoms with Gasteiger partial charge >= 0.3 is 0 Å². The Morgan fingerprint density at radius 1 is 0.962 bits per heavy atom. The SMILES string of the molecule is O=C(Cn1ccccc1=O)Nc1ccc(-n2cnc3ccccc32)cc1. The second kappa shape index (κ2) is 6.68. The first kappa shape index (κ1) is 15.8. The Morgan fingerprint density at radius 2 is 1.73 bits per heavy atom. The van der Waals surface area contributed by atoms with Crippen molar-refractivity contribution in [1.82, 2.24) is 14.1 Å². The molecule has 6 nitrogen and oxygen atoms in total. The number of nitrogens with one attached hydrogen (secondary N) is 1. The van der Waals surface area contributed by atoms with Gasteiger partial charge in [0.25, 0.3) is 5.56 Å². The molecule has 1 N–H and O–H groups in total. The molecule has 0 fully saturated rings. The monoisotopic (exact) mass is 344 g/mol. The van der Waals surface area contributed by atoms with E-state index in [-0.39, 0.29) is 18.0 Å². The Bertz CT molecular complexity index is 1130. The van der Waals surface area contributed by atoms with E-state index in [2.05, 4.69) is 10.3 Å². The fourth-order valence-corrected chi connectivity index (χ4v) is 2.82. The number of carbonyl (C=O) groups is 1. The van der Waals surface area contributed by atoms with Crippen molar-refractivity contribution in [3.63, 3.8) is 0 Å². The van der Waals surface area contributed by atoms with Crippen LogP contribution >= 0.6 is 0 Å². The maximum absolute atomic E-state index is 12.1. The van der Waals surface area contributed by atoms with Crippen molar-refractivity contribution in [2.24, 2.45) is 0 Å². The molecule has 0 aliphatic heterocycles. The Hall–Kier alpha value is -3.67. The van der Waals surface area contributed by atoms with Crippen LogP contribution in [0.1, 0.15) is 0 Å². The molecule has 6 heteroatoms. The molecule has 0 atom stereocenters. The molecule has 4 rings (SSSR count). The van der Waals surface area contributed by atoms with Gasteiger partial charge in [0.2, 0.25) is 5.91 Å². The number of fused-ring (bicyclic) bond motifs is 1. The lowest BCUT2D eigenvalue weighted by atomic mass is 10.2. The number of rotatable bonds is 4. The average molecular weight is 344 g/mol. The predicted molar refractivity (Wildman–Crippen MR) is 100 cm³/mol. The zero-order chi connectivity index (χ0) is 17.9. The zero-order valence-corrected chi connectivity index (χ0v) is 13.9. The fourth-order valence-electron chi connectivity index (χ4n) is 2.82. The van der Waals surface area contributed by atoms with E-state index in [1.807, 2.05) is 53.1 Å². The quantitative estimate of drug-likeness (QED) is 0.619. The number of para-hydroxylation sites is 2. The molecule has 1 amide bonds. The summed E-state index contributed by atoms with van der Waals surface area (Å²) in [5.41, 5.74) is 3.37. The van der Waals surface area contributed by atoms with Crippen molar-refractivity contribution in [2.75, 3.05) is 5.32 Å². The summed E-state index contributed by atoms with van der Waals surface area (Å²) in [5.74, 6) is -0.251. The Morgan fingerprint density at radius 3 is 2.54 bits per heavy atom. The van der Waals surface area contributed by atoms with Gasteiger partial charge in [-0.25, -0.2) is 4.98 Å². The third kappa shape index (κ3) is 3.12. The summed E-state index contributed by atoms with van der Waals surface area (Å²) in [5, 5.41) is 2.80. The molecule has 0 aliphatic rings. The predicted octanol–water partition coefficient (Wildman–Crippen LogP) is 2.83. The lowest BCUT2D eigenvalue weighted by Gasteiger charge is -2.09. The second-order valence-corrected chi connectivity index (χ2v) is 5.87. The van der Waals surface area contributed by atoms with Gasteiger partial charge in [0, 0.05) is 23.6 Å². The molecular weight excluding hydrogens is 328 g/mol. The highest BCUT2D eigenvalue weighted by atomic mass is 16.2. The number of nitrogens with zero attached hydrogens (tertiary/aromatic N) is 3. The largest absolute Gasteiger partial charge is 0.325 e. The number of benzene rings is 2. The van der Waals surface area contributed by atoms with Crippen LogP contribution in [0.15, 0.2) is 84.0 Å². The molecule has 0 radical (unpaired) electrons. The van der Waals surface area contributed by atoms with Gasteiger partial charge in [-0.3, -0.25) is 14.2 Å². The third-order valence-corrected chi connectivity index (χ3v) is 4.10. The van der Waals surface area contributed by atoms with Gasteiger partial charge in [-0.15, -0.1) is 0 Å². The van der Waals surface area contributed by atoms with Crippen LogP contribution in [0.5, 0.6) is 0 Å². The highest BCUT2D eigenvalue weighted by Crippen LogP contribution is 2.19. The van der Waals surface area contributed by atoms with Crippen LogP contribution in [0.2, 0.25) is 0 Å². The number of amides is 1. The van der Waals surface area contributed by atoms with E-state index in [1.165, 1.54) is 10.6 Å². The highest BCUT2D eigenvalue weighted by molar-refractivity contribution is 5.90. The van der Waals surface area contributed by atoms with E-state index in [9.17, 15) is 9.59 Å². The van der Waals surface area contributed by atoms with Crippen LogP contribution in [0, 0.1) is 0 Å². The topological polar surface area (TPSA) is 68.9 Å². The van der Waals surface area contributed by atoms with Gasteiger partial charge < -0.3 is 9.88 Å². The van der Waals surface area contributed by atoms with Crippen molar-refractivity contribution < 1.29 is 4.79 Å². The minimum absolute atomic E-state index is 0.0203. The Kier molecular flexibility index (Phi) is 4.07. The van der Waals surface area contributed by atoms with E-state index in [0.29, 0.717) is 5.69 Å². The van der Waals surface area contributed by atoms with E-state index in [1.54, 1.807) is 24.7 Å². The summed E-state index contributed by atoms with van der Waals surface area (Å²) in [6, 6.07) is 20.2. The molecule has 0 spiro atoms. The summed E-state index contributed by atoms with van der Waals surface area (Å²) in [7, 11) is 0. The number of pyridine rings is 1. The van der Waals surface area contributed by atoms with Gasteiger partial charge in [0.15, 0.2) is 0 Å². The molecular formula is C20H16N4O2. The first-order valence-electron chi connectivity index (χ1n) is 8.18. The first-order valence-corrected chi connectivity index (χ1v) is 8.18. The number of hydrogen-bond donors (Lipinski definition) is 1. The maximum atomic E-state index is 12.1. The standard InChI is InChI=1S/C20H16N4O2/c25-19(13-23-12-4-3-7-20(23)26)22-15-8-10-16(11-9-15)24-14-21-17-5-1-2-6-18(17)24/h1-12,14H,13H2,(H,22,25). The Balaban J connectivity index is 1.50. The van der Waals surface area contributed by atoms with Crippen molar-refractivity contribution in [3.05, 3.63) is 89.6 Å². The van der Waals surface area contributed by atoms with E-state index in [0.717, 1.165) is 16.7 Å². The van der Waals surface area contributed by atoms with Crippen molar-refractivity contribution in [3.8, 4) is 5.69 Å². The first-order chi connectivity index (χ1) is 12.7. The van der Waals surface area contributed by atoms with E-state index < -0.39 is 0 Å². The maximum Gasteiger partial charge on any atom is 0.250 e. The van der Waals surface area contributed by atoms with Crippen LogP contribution in [0.25, 0.3) is 16.7 Å². The van der Waals surface area contributed by atoms with Crippen molar-refractivity contribution in [1.29, 1.82) is 0 Å². The molecule has 4 aromatic rings. The van der Waals surface area contributed by atoms with Crippen LogP contribution in [0.3, 0.4) is 0 Å². The van der Waals surface area contributed by atoms with Crippen LogP contribution in [-0.2, 0) is 11.3 Å². The third-order valence-electron chi connectivity index (χ3n) is 4.10. The van der Waals surface area contributed by atoms with Crippen LogP contribution < -0.4 is 10.9 Å². The van der Waals surface area contributed by atoms with Gasteiger partial charge in [0.1, 0.15) is 12.9 Å². The number of carbonyl (C=O) groups excluding carboxylic acids is 1. The summed E-state index contributed by atoms with van der Waals surface area (Å²) in [4.78, 5) is 28.2. The normalized spacial score (nSPS) is 10.8. The lowest BCUT2D eigenvalue weighted by Crippen LogP contribution is -2.26. The molecule has 128 valence electrons. The van der Waals surface area contributed by atoms with Crippen LogP contribution in [-0.4, -0.2) is 20.0 Å². The molecule has 0 unspecified atom stereocenters. The molecule has 0 aliphatic carbocycles. The number of anilines is 1. The summed E-state index contributed by atoms with van der Waals surface area (Å²) in [6.45, 7) is -0.0203. The molecule has 2 aromatic heterocycles. The lowest BCUT2D eigenvalue weighted by molar-refractivity contribution is -0.116. The number of imidazole rings is 1. The van der Waals surface area contributed by atoms with Gasteiger partial charge in [-0.1, -0.05) is 18.2 Å².